The van der Waals surface area contributed by atoms with Crippen molar-refractivity contribution in [2.45, 2.75) is 55.8 Å². The lowest BCUT2D eigenvalue weighted by Gasteiger charge is -2.32. The van der Waals surface area contributed by atoms with E-state index < -0.39 is 56.7 Å². The second-order valence-corrected chi connectivity index (χ2v) is 14.1. The number of rotatable bonds is 11. The number of benzene rings is 3. The molecule has 0 radical (unpaired) electrons. The van der Waals surface area contributed by atoms with E-state index in [2.05, 4.69) is 10.6 Å². The van der Waals surface area contributed by atoms with Crippen LogP contribution in [0.25, 0.3) is 0 Å². The number of ether oxygens (including phenoxy) is 1. The van der Waals surface area contributed by atoms with Gasteiger partial charge < -0.3 is 30.9 Å². The van der Waals surface area contributed by atoms with Gasteiger partial charge in [-0.3, -0.25) is 9.59 Å². The second kappa shape index (κ2) is 14.4. The maximum absolute atomic E-state index is 15.1. The molecule has 2 atom stereocenters. The van der Waals surface area contributed by atoms with Crippen molar-refractivity contribution in [2.24, 2.45) is 5.73 Å². The third kappa shape index (κ3) is 7.64. The number of anilines is 2. The zero-order valence-electron chi connectivity index (χ0n) is 26.8. The van der Waals surface area contributed by atoms with Gasteiger partial charge in [-0.25, -0.2) is 22.0 Å². The molecule has 3 aromatic carbocycles. The molecular weight excluding hydrogens is 632 g/mol. The van der Waals surface area contributed by atoms with E-state index in [4.69, 9.17) is 10.5 Å². The molecular formula is C33H39F2N5O6S. The average Bonchev–Trinajstić information content (AvgIpc) is 3.51. The van der Waals surface area contributed by atoms with Gasteiger partial charge in [0.05, 0.1) is 28.5 Å². The summed E-state index contributed by atoms with van der Waals surface area (Å²) in [6.07, 6.45) is 0.904. The van der Waals surface area contributed by atoms with Gasteiger partial charge in [-0.15, -0.1) is 0 Å². The van der Waals surface area contributed by atoms with E-state index in [0.29, 0.717) is 24.1 Å². The lowest BCUT2D eigenvalue weighted by molar-refractivity contribution is -0.133. The van der Waals surface area contributed by atoms with Gasteiger partial charge in [0.1, 0.15) is 11.9 Å². The normalized spacial score (nSPS) is 15.3. The molecule has 4 rings (SSSR count). The Labute approximate surface area is 273 Å². The zero-order valence-corrected chi connectivity index (χ0v) is 27.7. The van der Waals surface area contributed by atoms with Crippen molar-refractivity contribution in [3.63, 3.8) is 0 Å². The van der Waals surface area contributed by atoms with Crippen molar-refractivity contribution in [2.75, 3.05) is 37.9 Å². The summed E-state index contributed by atoms with van der Waals surface area (Å²) in [6, 6.07) is 9.21. The van der Waals surface area contributed by atoms with E-state index in [1.165, 1.54) is 46.2 Å². The highest BCUT2D eigenvalue weighted by Gasteiger charge is 2.38. The van der Waals surface area contributed by atoms with Gasteiger partial charge in [-0.2, -0.15) is 0 Å². The molecule has 1 saturated heterocycles. The summed E-state index contributed by atoms with van der Waals surface area (Å²) in [7, 11) is -0.716. The number of hydrogen-bond acceptors (Lipinski definition) is 7. The summed E-state index contributed by atoms with van der Waals surface area (Å²) in [6.45, 7) is 5.14. The molecule has 252 valence electrons. The lowest BCUT2D eigenvalue weighted by atomic mass is 10.0. The fourth-order valence-corrected chi connectivity index (χ4v) is 6.64. The van der Waals surface area contributed by atoms with Gasteiger partial charge in [0.2, 0.25) is 11.8 Å². The first-order valence-corrected chi connectivity index (χ1v) is 16.6. The van der Waals surface area contributed by atoms with Crippen LogP contribution < -0.4 is 21.1 Å². The summed E-state index contributed by atoms with van der Waals surface area (Å²) >= 11 is 0. The van der Waals surface area contributed by atoms with Gasteiger partial charge >= 0.3 is 6.03 Å². The molecule has 4 amide bonds. The van der Waals surface area contributed by atoms with E-state index in [-0.39, 0.29) is 40.6 Å². The first-order chi connectivity index (χ1) is 22.1. The number of likely N-dealkylation sites (tertiary alicyclic amines) is 1. The van der Waals surface area contributed by atoms with Crippen LogP contribution in [0.5, 0.6) is 5.75 Å². The minimum absolute atomic E-state index is 0.00613. The van der Waals surface area contributed by atoms with E-state index in [1.807, 2.05) is 0 Å². The molecule has 0 bridgehead atoms. The maximum atomic E-state index is 15.1. The first kappa shape index (κ1) is 35.1. The van der Waals surface area contributed by atoms with Crippen molar-refractivity contribution >= 4 is 39.1 Å². The predicted molar refractivity (Wildman–Crippen MR) is 174 cm³/mol. The van der Waals surface area contributed by atoms with Crippen LogP contribution in [0.15, 0.2) is 59.5 Å². The topological polar surface area (TPSA) is 151 Å². The smallest absolute Gasteiger partial charge is 0.321 e. The third-order valence-corrected chi connectivity index (χ3v) is 10.1. The molecule has 4 N–H and O–H groups in total. The third-order valence-electron chi connectivity index (χ3n) is 7.88. The van der Waals surface area contributed by atoms with E-state index in [9.17, 15) is 27.2 Å². The zero-order chi connectivity index (χ0) is 34.6. The largest absolute Gasteiger partial charge is 0.491 e. The van der Waals surface area contributed by atoms with Crippen LogP contribution in [0.3, 0.4) is 0 Å². The summed E-state index contributed by atoms with van der Waals surface area (Å²) in [5.74, 6) is -2.93. The van der Waals surface area contributed by atoms with Gasteiger partial charge in [0, 0.05) is 31.9 Å². The molecule has 0 aromatic heterocycles. The minimum Gasteiger partial charge on any atom is -0.491 e. The van der Waals surface area contributed by atoms with Crippen LogP contribution in [0.4, 0.5) is 25.0 Å². The fraction of sp³-hybridized carbons (Fsp3) is 0.364. The SMILES string of the molecule is CCOc1cc(C(Nc2cc(C(N)=O)ccc2F)C(=O)N2CCCC2c2cc(NC(=O)N(C)C)ccc2S(=O)(=O)C(C)C)ccc1F. The van der Waals surface area contributed by atoms with Crippen LogP contribution in [-0.2, 0) is 14.6 Å². The maximum Gasteiger partial charge on any atom is 0.321 e. The number of nitrogens with zero attached hydrogens (tertiary/aromatic N) is 2. The number of carbonyl (C=O) groups is 3. The molecule has 1 fully saturated rings. The molecule has 1 heterocycles. The second-order valence-electron chi connectivity index (χ2n) is 11.6. The molecule has 1 aliphatic rings. The monoisotopic (exact) mass is 671 g/mol. The molecule has 2 unspecified atom stereocenters. The average molecular weight is 672 g/mol. The summed E-state index contributed by atoms with van der Waals surface area (Å²) in [4.78, 5) is 41.7. The molecule has 14 heteroatoms. The van der Waals surface area contributed by atoms with Gasteiger partial charge in [0.15, 0.2) is 21.4 Å². The van der Waals surface area contributed by atoms with Crippen LogP contribution in [0.1, 0.15) is 67.2 Å². The predicted octanol–water partition coefficient (Wildman–Crippen LogP) is 5.25. The molecule has 0 saturated carbocycles. The van der Waals surface area contributed by atoms with Crippen molar-refractivity contribution in [3.8, 4) is 5.75 Å². The van der Waals surface area contributed by atoms with Crippen LogP contribution in [0.2, 0.25) is 0 Å². The summed E-state index contributed by atoms with van der Waals surface area (Å²) in [5, 5.41) is 4.83. The first-order valence-electron chi connectivity index (χ1n) is 15.1. The Kier molecular flexibility index (Phi) is 10.7. The number of carbonyl (C=O) groups excluding carboxylic acids is 3. The number of primary amides is 1. The Morgan fingerprint density at radius 3 is 2.38 bits per heavy atom. The summed E-state index contributed by atoms with van der Waals surface area (Å²) < 4.78 is 62.2. The summed E-state index contributed by atoms with van der Waals surface area (Å²) in [5.41, 5.74) is 6.09. The molecule has 1 aliphatic heterocycles. The lowest BCUT2D eigenvalue weighted by Crippen LogP contribution is -2.38. The number of nitrogens with two attached hydrogens (primary N) is 1. The Morgan fingerprint density at radius 2 is 1.74 bits per heavy atom. The highest BCUT2D eigenvalue weighted by Crippen LogP contribution is 2.40. The Bertz CT molecular complexity index is 1780. The number of halogens is 2. The van der Waals surface area contributed by atoms with Crippen molar-refractivity contribution < 1.29 is 36.3 Å². The molecule has 11 nitrogen and oxygen atoms in total. The van der Waals surface area contributed by atoms with E-state index in [1.54, 1.807) is 40.9 Å². The number of hydrogen-bond donors (Lipinski definition) is 3. The Hall–Kier alpha value is -4.72. The molecule has 47 heavy (non-hydrogen) atoms. The van der Waals surface area contributed by atoms with Crippen LogP contribution in [-0.4, -0.2) is 68.6 Å². The number of urea groups is 1. The fourth-order valence-electron chi connectivity index (χ4n) is 5.35. The number of amides is 4. The van der Waals surface area contributed by atoms with Gasteiger partial charge in [0.25, 0.3) is 0 Å². The van der Waals surface area contributed by atoms with E-state index in [0.717, 1.165) is 12.1 Å². The van der Waals surface area contributed by atoms with Gasteiger partial charge in [-0.05, 0) is 93.3 Å². The minimum atomic E-state index is -3.84. The molecule has 3 aromatic rings. The quantitative estimate of drug-likeness (QED) is 0.252. The van der Waals surface area contributed by atoms with E-state index >= 15 is 4.39 Å². The van der Waals surface area contributed by atoms with Gasteiger partial charge in [-0.1, -0.05) is 6.07 Å². The van der Waals surface area contributed by atoms with Crippen LogP contribution in [0, 0.1) is 11.6 Å². The van der Waals surface area contributed by atoms with Crippen molar-refractivity contribution in [1.29, 1.82) is 0 Å². The Morgan fingerprint density at radius 1 is 1.04 bits per heavy atom. The number of nitrogens with one attached hydrogen (secondary N) is 2. The number of sulfone groups is 1. The highest BCUT2D eigenvalue weighted by atomic mass is 32.2. The molecule has 0 aliphatic carbocycles. The van der Waals surface area contributed by atoms with Crippen molar-refractivity contribution in [3.05, 3.63) is 82.9 Å². The van der Waals surface area contributed by atoms with Crippen LogP contribution >= 0.6 is 0 Å². The highest BCUT2D eigenvalue weighted by molar-refractivity contribution is 7.92. The van der Waals surface area contributed by atoms with Crippen molar-refractivity contribution in [1.82, 2.24) is 9.80 Å². The Balaban J connectivity index is 1.85. The molecule has 0 spiro atoms. The standard InChI is InChI=1S/C33H39F2N5O6S/c1-6-46-28-17-20(9-13-25(28)35)30(38-26-16-21(31(36)41)10-12-24(26)34)32(42)40-15-7-8-27(40)23-18-22(37-33(43)39(4)5)11-14-29(23)47(44,45)19(2)3/h9-14,16-19,27,30,38H,6-8,15H2,1-5H3,(H2,36,41)(H,37,43).